The Kier molecular flexibility index (Phi) is 27.7. The van der Waals surface area contributed by atoms with Crippen molar-refractivity contribution < 1.29 is 36.7 Å². The Morgan fingerprint density at radius 2 is 0.580 bits per heavy atom. The Morgan fingerprint density at radius 1 is 0.277 bits per heavy atom. The zero-order chi connectivity index (χ0) is 82.1. The molecule has 9 aromatic carbocycles. The van der Waals surface area contributed by atoms with E-state index in [1.165, 1.54) is 99.4 Å². The molecule has 0 fully saturated rings. The second kappa shape index (κ2) is 40.5. The highest BCUT2D eigenvalue weighted by molar-refractivity contribution is 7.14. The van der Waals surface area contributed by atoms with Crippen LogP contribution in [0.4, 0.5) is 40.8 Å². The summed E-state index contributed by atoms with van der Waals surface area (Å²) in [6.45, 7) is 0. The van der Waals surface area contributed by atoms with Crippen LogP contribution in [-0.2, 0) is 44.9 Å². The van der Waals surface area contributed by atoms with Crippen LogP contribution in [0.1, 0.15) is 41.5 Å². The summed E-state index contributed by atoms with van der Waals surface area (Å²) in [6.07, 6.45) is 9.88. The third-order valence-electron chi connectivity index (χ3n) is 18.3. The fourth-order valence-corrected chi connectivity index (χ4v) is 15.2. The van der Waals surface area contributed by atoms with Gasteiger partial charge in [-0.1, -0.05) is 158 Å². The molecule has 0 aliphatic rings. The van der Waals surface area contributed by atoms with Gasteiger partial charge in [0, 0.05) is 35.1 Å². The number of hydrogen-bond donors (Lipinski definition) is 4. The number of aryl methyl sites for hydroxylation is 2. The van der Waals surface area contributed by atoms with Crippen molar-refractivity contribution >= 4 is 103 Å². The summed E-state index contributed by atoms with van der Waals surface area (Å²) in [6, 6.07) is 83.4. The molecule has 0 aliphatic heterocycles. The molecule has 0 bridgehead atoms. The van der Waals surface area contributed by atoms with Crippen LogP contribution >= 0.6 is 45.3 Å². The molecule has 24 heteroatoms. The van der Waals surface area contributed by atoms with Gasteiger partial charge in [-0.05, 0) is 195 Å². The number of amides is 4. The lowest BCUT2D eigenvalue weighted by Gasteiger charge is -2.11. The molecule has 0 saturated heterocycles. The molecule has 4 amide bonds. The van der Waals surface area contributed by atoms with Gasteiger partial charge >= 0.3 is 0 Å². The third kappa shape index (κ3) is 23.0. The van der Waals surface area contributed by atoms with Crippen molar-refractivity contribution in [3.8, 4) is 87.3 Å². The number of nitrogens with one attached hydrogen (secondary N) is 4. The first-order chi connectivity index (χ1) is 58.2. The van der Waals surface area contributed by atoms with E-state index < -0.39 is 0 Å². The van der Waals surface area contributed by atoms with Crippen LogP contribution in [0, 0.1) is 23.3 Å². The lowest BCUT2D eigenvalue weighted by atomic mass is 10.0. The summed E-state index contributed by atoms with van der Waals surface area (Å²) in [4.78, 5) is 90.5. The van der Waals surface area contributed by atoms with Gasteiger partial charge < -0.3 is 21.3 Å². The smallest absolute Gasteiger partial charge is 0.230 e. The summed E-state index contributed by atoms with van der Waals surface area (Å²) in [5.74, 6) is -0.0645. The molecule has 588 valence electrons. The average Bonchev–Trinajstić information content (AvgIpc) is 1.80. The van der Waals surface area contributed by atoms with Gasteiger partial charge in [0.25, 0.3) is 0 Å². The van der Waals surface area contributed by atoms with Crippen molar-refractivity contribution in [3.05, 3.63) is 371 Å². The SMILES string of the molecule is O=C(CCCc1ccccc1)Nc1ncc(-c2ccc(F)cc2)nc1-c1cccs1.O=C(CCc1ccccc1)Nc1ncc(-c2ccc(F)cc2)nc1-c1cccs1.O=C(Cc1ccc2ccccc2c1)Nc1ncc(-c2ccc(F)cc2)nc1-c1cccs1.O=C(Cc1ccccc1)Nc1ncc(-c2ccc(F)cc2)nc1-c1cccs1. The van der Waals surface area contributed by atoms with Gasteiger partial charge in [0.1, 0.15) is 46.0 Å². The molecule has 0 aliphatic carbocycles. The van der Waals surface area contributed by atoms with Crippen LogP contribution in [0.3, 0.4) is 0 Å². The maximum Gasteiger partial charge on any atom is 0.230 e. The number of thiophene rings is 4. The Balaban J connectivity index is 0.000000130. The van der Waals surface area contributed by atoms with Gasteiger partial charge in [0.05, 0.1) is 79.9 Å². The number of aromatic nitrogens is 8. The maximum atomic E-state index is 13.3. The predicted octanol–water partition coefficient (Wildman–Crippen LogP) is 23.1. The first kappa shape index (κ1) is 81.5. The summed E-state index contributed by atoms with van der Waals surface area (Å²) >= 11 is 6.07. The number of halogens is 4. The Bertz CT molecular complexity index is 6210. The number of anilines is 4. The van der Waals surface area contributed by atoms with E-state index in [4.69, 9.17) is 15.0 Å². The highest BCUT2D eigenvalue weighted by atomic mass is 32.1. The minimum absolute atomic E-state index is 0.0902. The molecule has 8 heterocycles. The largest absolute Gasteiger partial charge is 0.309 e. The van der Waals surface area contributed by atoms with Crippen LogP contribution in [0.5, 0.6) is 0 Å². The number of rotatable bonds is 23. The van der Waals surface area contributed by atoms with Crippen molar-refractivity contribution in [2.45, 2.75) is 44.9 Å². The maximum absolute atomic E-state index is 13.3. The molecule has 0 atom stereocenters. The van der Waals surface area contributed by atoms with Gasteiger partial charge in [-0.15, -0.1) is 45.3 Å². The standard InChI is InChI=1S/C26H18FN3OS.C24H20FN3OS.C23H18FN3OS.C22H16FN3OS/c27-21-11-9-19(10-12-21)22-16-28-26(25(29-22)23-6-3-13-32-23)30-24(31)15-17-7-8-18-4-1-2-5-20(18)14-17;25-19-13-11-18(12-14-19)20-16-26-24(23(27-20)21-9-5-15-30-21)28-22(29)10-4-8-17-6-2-1-3-7-17;24-18-11-9-17(10-12-18)19-15-25-23(22(26-19)20-7-4-14-29-20)27-21(28)13-8-16-5-2-1-3-6-16;23-17-10-8-16(9-11-17)18-14-24-22(21(25-18)19-7-4-12-28-19)26-20(27)13-15-5-2-1-3-6-15/h1-14,16H,15H2,(H,28,30,31);1-3,5-7,9,11-16H,4,8,10H2,(H,26,28,29);1-7,9-12,14-15H,8,13H2,(H,25,27,28);1-12,14H,13H2,(H,24,26,27). The van der Waals surface area contributed by atoms with Crippen LogP contribution in [0.15, 0.2) is 325 Å². The highest BCUT2D eigenvalue weighted by Gasteiger charge is 2.21. The predicted molar refractivity (Wildman–Crippen MR) is 469 cm³/mol. The van der Waals surface area contributed by atoms with E-state index in [9.17, 15) is 36.7 Å². The van der Waals surface area contributed by atoms with Gasteiger partial charge in [-0.3, -0.25) is 19.2 Å². The molecular weight excluding hydrogens is 1580 g/mol. The number of carbonyl (C=O) groups excluding carboxylic acids is 4. The number of benzene rings is 9. The summed E-state index contributed by atoms with van der Waals surface area (Å²) in [5.41, 5.74) is 12.1. The monoisotopic (exact) mass is 1650 g/mol. The van der Waals surface area contributed by atoms with E-state index in [1.807, 2.05) is 191 Å². The number of hydrogen-bond acceptors (Lipinski definition) is 16. The Hall–Kier alpha value is -14.0. The lowest BCUT2D eigenvalue weighted by Crippen LogP contribution is -2.16. The van der Waals surface area contributed by atoms with E-state index in [1.54, 1.807) is 73.3 Å². The number of carbonyl (C=O) groups is 4. The highest BCUT2D eigenvalue weighted by Crippen LogP contribution is 2.36. The first-order valence-corrected chi connectivity index (χ1v) is 41.2. The quantitative estimate of drug-likeness (QED) is 0.0440. The van der Waals surface area contributed by atoms with Crippen molar-refractivity contribution in [1.29, 1.82) is 0 Å². The lowest BCUT2D eigenvalue weighted by molar-refractivity contribution is -0.117. The molecule has 0 saturated carbocycles. The minimum atomic E-state index is -0.308. The average molecular weight is 1650 g/mol. The third-order valence-corrected chi connectivity index (χ3v) is 21.8. The minimum Gasteiger partial charge on any atom is -0.309 e. The van der Waals surface area contributed by atoms with Gasteiger partial charge in [-0.2, -0.15) is 0 Å². The normalized spacial score (nSPS) is 10.7. The van der Waals surface area contributed by atoms with Crippen molar-refractivity contribution in [3.63, 3.8) is 0 Å². The van der Waals surface area contributed by atoms with Gasteiger partial charge in [-0.25, -0.2) is 57.4 Å². The topological polar surface area (TPSA) is 220 Å². The fourth-order valence-electron chi connectivity index (χ4n) is 12.4. The van der Waals surface area contributed by atoms with E-state index in [-0.39, 0.29) is 59.7 Å². The summed E-state index contributed by atoms with van der Waals surface area (Å²) in [5, 5.41) is 21.6. The molecule has 4 N–H and O–H groups in total. The molecular formula is C95H72F4N12O4S4. The van der Waals surface area contributed by atoms with E-state index >= 15 is 0 Å². The molecule has 17 rings (SSSR count). The molecule has 0 spiro atoms. The second-order valence-corrected chi connectivity index (χ2v) is 30.6. The molecule has 0 radical (unpaired) electrons. The fraction of sp³-hybridized carbons (Fsp3) is 0.0737. The molecule has 17 aromatic rings. The summed E-state index contributed by atoms with van der Waals surface area (Å²) < 4.78 is 53.0. The van der Waals surface area contributed by atoms with Crippen LogP contribution in [-0.4, -0.2) is 63.5 Å². The van der Waals surface area contributed by atoms with Crippen molar-refractivity contribution in [2.24, 2.45) is 0 Å². The summed E-state index contributed by atoms with van der Waals surface area (Å²) in [7, 11) is 0. The molecule has 119 heavy (non-hydrogen) atoms. The Morgan fingerprint density at radius 3 is 0.924 bits per heavy atom. The first-order valence-electron chi connectivity index (χ1n) is 37.7. The van der Waals surface area contributed by atoms with Crippen LogP contribution < -0.4 is 21.3 Å². The van der Waals surface area contributed by atoms with Gasteiger partial charge in [0.2, 0.25) is 23.6 Å². The number of nitrogens with zero attached hydrogens (tertiary/aromatic N) is 8. The van der Waals surface area contributed by atoms with Crippen LogP contribution in [0.25, 0.3) is 98.1 Å². The zero-order valence-electron chi connectivity index (χ0n) is 63.5. The van der Waals surface area contributed by atoms with Gasteiger partial charge in [0.15, 0.2) is 23.3 Å². The second-order valence-electron chi connectivity index (χ2n) is 26.8. The molecule has 0 unspecified atom stereocenters. The molecule has 8 aromatic heterocycles. The van der Waals surface area contributed by atoms with E-state index in [0.717, 1.165) is 82.1 Å². The molecule has 16 nitrogen and oxygen atoms in total. The Labute approximate surface area is 699 Å². The van der Waals surface area contributed by atoms with E-state index in [2.05, 4.69) is 58.3 Å². The van der Waals surface area contributed by atoms with Crippen molar-refractivity contribution in [2.75, 3.05) is 21.3 Å². The van der Waals surface area contributed by atoms with Crippen molar-refractivity contribution in [1.82, 2.24) is 39.9 Å². The number of fused-ring (bicyclic) bond motifs is 1. The zero-order valence-corrected chi connectivity index (χ0v) is 66.7. The van der Waals surface area contributed by atoms with E-state index in [0.29, 0.717) is 88.1 Å². The van der Waals surface area contributed by atoms with Crippen LogP contribution in [0.2, 0.25) is 0 Å².